The van der Waals surface area contributed by atoms with E-state index in [2.05, 4.69) is 10.6 Å². The standard InChI is InChI=1S/C26H22ClF5N2O6/c1-13-6-14(28)2-5-21(13)40-22-9-18(26(30,31)32)19(27)8-17(22)25(38)34-15-3-4-20(29)23(7-15)39-12-16(36)10-33-24(37)11-35/h2-9,16,35-36H,10-12H2,1H3,(H,33,37)(H,34,38)/t16-/m1/s1. The van der Waals surface area contributed by atoms with Crippen LogP contribution in [0.1, 0.15) is 21.5 Å². The Morgan fingerprint density at radius 3 is 2.40 bits per heavy atom. The molecule has 1 atom stereocenters. The normalized spacial score (nSPS) is 12.0. The number of aliphatic hydroxyl groups excluding tert-OH is 2. The van der Waals surface area contributed by atoms with Crippen LogP contribution in [0.15, 0.2) is 48.5 Å². The largest absolute Gasteiger partial charge is 0.488 e. The Morgan fingerprint density at radius 2 is 1.75 bits per heavy atom. The maximum atomic E-state index is 14.2. The van der Waals surface area contributed by atoms with Gasteiger partial charge >= 0.3 is 6.18 Å². The molecule has 0 unspecified atom stereocenters. The van der Waals surface area contributed by atoms with E-state index in [0.717, 1.165) is 36.4 Å². The van der Waals surface area contributed by atoms with Crippen molar-refractivity contribution in [2.45, 2.75) is 19.2 Å². The summed E-state index contributed by atoms with van der Waals surface area (Å²) in [5, 5.41) is 22.3. The average Bonchev–Trinajstić information content (AvgIpc) is 2.88. The van der Waals surface area contributed by atoms with Crippen molar-refractivity contribution >= 4 is 29.1 Å². The third-order valence-corrected chi connectivity index (χ3v) is 5.59. The van der Waals surface area contributed by atoms with Crippen LogP contribution in [0.4, 0.5) is 27.6 Å². The molecule has 0 aliphatic rings. The number of alkyl halides is 3. The van der Waals surface area contributed by atoms with E-state index in [0.29, 0.717) is 6.07 Å². The monoisotopic (exact) mass is 588 g/mol. The van der Waals surface area contributed by atoms with E-state index in [-0.39, 0.29) is 23.5 Å². The van der Waals surface area contributed by atoms with Crippen molar-refractivity contribution in [1.29, 1.82) is 0 Å². The lowest BCUT2D eigenvalue weighted by molar-refractivity contribution is -0.137. The molecule has 0 saturated heterocycles. The first-order chi connectivity index (χ1) is 18.8. The van der Waals surface area contributed by atoms with Crippen molar-refractivity contribution in [3.8, 4) is 17.2 Å². The summed E-state index contributed by atoms with van der Waals surface area (Å²) >= 11 is 5.82. The molecule has 0 spiro atoms. The molecule has 3 aromatic carbocycles. The summed E-state index contributed by atoms with van der Waals surface area (Å²) in [7, 11) is 0. The lowest BCUT2D eigenvalue weighted by atomic mass is 10.1. The Morgan fingerprint density at radius 1 is 1.02 bits per heavy atom. The van der Waals surface area contributed by atoms with Gasteiger partial charge < -0.3 is 30.3 Å². The molecule has 214 valence electrons. The highest BCUT2D eigenvalue weighted by Crippen LogP contribution is 2.40. The molecule has 40 heavy (non-hydrogen) atoms. The smallest absolute Gasteiger partial charge is 0.417 e. The number of aliphatic hydroxyl groups is 2. The number of aryl methyl sites for hydroxylation is 1. The second-order valence-electron chi connectivity index (χ2n) is 8.36. The van der Waals surface area contributed by atoms with Crippen LogP contribution >= 0.6 is 11.6 Å². The Bertz CT molecular complexity index is 1400. The lowest BCUT2D eigenvalue weighted by Crippen LogP contribution is -2.36. The van der Waals surface area contributed by atoms with Crippen LogP contribution in [-0.4, -0.2) is 47.9 Å². The second kappa shape index (κ2) is 12.9. The molecule has 0 radical (unpaired) electrons. The van der Waals surface area contributed by atoms with E-state index in [9.17, 15) is 36.6 Å². The summed E-state index contributed by atoms with van der Waals surface area (Å²) in [4.78, 5) is 24.1. The summed E-state index contributed by atoms with van der Waals surface area (Å²) in [6, 6.07) is 7.73. The van der Waals surface area contributed by atoms with Crippen molar-refractivity contribution < 1.29 is 51.2 Å². The second-order valence-corrected chi connectivity index (χ2v) is 8.77. The van der Waals surface area contributed by atoms with Gasteiger partial charge in [0.05, 0.1) is 16.1 Å². The minimum atomic E-state index is -4.88. The molecular formula is C26H22ClF5N2O6. The van der Waals surface area contributed by atoms with Gasteiger partial charge in [0.1, 0.15) is 36.6 Å². The van der Waals surface area contributed by atoms with E-state index in [1.54, 1.807) is 0 Å². The number of carbonyl (C=O) groups excluding carboxylic acids is 2. The molecule has 0 aliphatic heterocycles. The van der Waals surface area contributed by atoms with Crippen LogP contribution in [0, 0.1) is 18.6 Å². The molecule has 4 N–H and O–H groups in total. The maximum absolute atomic E-state index is 14.2. The van der Waals surface area contributed by atoms with E-state index in [1.165, 1.54) is 13.0 Å². The average molecular weight is 589 g/mol. The Hall–Kier alpha value is -3.94. The summed E-state index contributed by atoms with van der Waals surface area (Å²) in [5.74, 6) is -4.13. The highest BCUT2D eigenvalue weighted by Gasteiger charge is 2.35. The maximum Gasteiger partial charge on any atom is 0.417 e. The van der Waals surface area contributed by atoms with E-state index >= 15 is 0 Å². The van der Waals surface area contributed by atoms with Crippen LogP contribution in [0.5, 0.6) is 17.2 Å². The quantitative estimate of drug-likeness (QED) is 0.252. The first-order valence-corrected chi connectivity index (χ1v) is 11.8. The molecule has 0 bridgehead atoms. The first kappa shape index (κ1) is 30.6. The van der Waals surface area contributed by atoms with Gasteiger partial charge in [-0.1, -0.05) is 11.6 Å². The SMILES string of the molecule is Cc1cc(F)ccc1Oc1cc(C(F)(F)F)c(Cl)cc1C(=O)Nc1ccc(F)c(OC[C@H](O)CNC(=O)CO)c1. The van der Waals surface area contributed by atoms with Crippen molar-refractivity contribution in [2.24, 2.45) is 0 Å². The number of nitrogens with one attached hydrogen (secondary N) is 2. The summed E-state index contributed by atoms with van der Waals surface area (Å²) < 4.78 is 79.0. The van der Waals surface area contributed by atoms with Gasteiger partial charge in [0.2, 0.25) is 5.91 Å². The van der Waals surface area contributed by atoms with Crippen LogP contribution in [0.25, 0.3) is 0 Å². The van der Waals surface area contributed by atoms with Gasteiger partial charge in [0.15, 0.2) is 11.6 Å². The zero-order valence-electron chi connectivity index (χ0n) is 20.6. The molecular weight excluding hydrogens is 567 g/mol. The van der Waals surface area contributed by atoms with Gasteiger partial charge in [-0.25, -0.2) is 8.78 Å². The van der Waals surface area contributed by atoms with Gasteiger partial charge in [-0.2, -0.15) is 13.2 Å². The highest BCUT2D eigenvalue weighted by atomic mass is 35.5. The summed E-state index contributed by atoms with van der Waals surface area (Å²) in [6.45, 7) is -0.0907. The number of amides is 2. The number of ether oxygens (including phenoxy) is 2. The predicted octanol–water partition coefficient (Wildman–Crippen LogP) is 4.84. The zero-order chi connectivity index (χ0) is 29.6. The zero-order valence-corrected chi connectivity index (χ0v) is 21.4. The number of hydrogen-bond acceptors (Lipinski definition) is 6. The van der Waals surface area contributed by atoms with E-state index < -0.39 is 76.6 Å². The summed E-state index contributed by atoms with van der Waals surface area (Å²) in [5.41, 5.74) is -1.48. The summed E-state index contributed by atoms with van der Waals surface area (Å²) in [6.07, 6.45) is -6.14. The third kappa shape index (κ3) is 8.04. The molecule has 3 aromatic rings. The minimum absolute atomic E-state index is 0.0166. The number of halogens is 6. The molecule has 3 rings (SSSR count). The predicted molar refractivity (Wildman–Crippen MR) is 134 cm³/mol. The fourth-order valence-electron chi connectivity index (χ4n) is 3.30. The molecule has 0 saturated carbocycles. The molecule has 0 fully saturated rings. The Balaban J connectivity index is 1.86. The Kier molecular flexibility index (Phi) is 9.90. The van der Waals surface area contributed by atoms with Crippen molar-refractivity contribution in [2.75, 3.05) is 25.1 Å². The topological polar surface area (TPSA) is 117 Å². The highest BCUT2D eigenvalue weighted by molar-refractivity contribution is 6.32. The van der Waals surface area contributed by atoms with Crippen LogP contribution in [0.3, 0.4) is 0 Å². The number of anilines is 1. The van der Waals surface area contributed by atoms with Gasteiger partial charge in [-0.15, -0.1) is 0 Å². The fraction of sp³-hybridized carbons (Fsp3) is 0.231. The van der Waals surface area contributed by atoms with Crippen LogP contribution < -0.4 is 20.1 Å². The molecule has 2 amide bonds. The minimum Gasteiger partial charge on any atom is -0.488 e. The number of benzene rings is 3. The van der Waals surface area contributed by atoms with Crippen LogP contribution in [0.2, 0.25) is 5.02 Å². The molecule has 0 aliphatic carbocycles. The first-order valence-electron chi connectivity index (χ1n) is 11.4. The van der Waals surface area contributed by atoms with Crippen molar-refractivity contribution in [3.63, 3.8) is 0 Å². The third-order valence-electron chi connectivity index (χ3n) is 5.27. The number of carbonyl (C=O) groups is 2. The van der Waals surface area contributed by atoms with Crippen LogP contribution in [-0.2, 0) is 11.0 Å². The fourth-order valence-corrected chi connectivity index (χ4v) is 3.57. The number of hydrogen-bond donors (Lipinski definition) is 4. The Labute approximate surface area is 229 Å². The lowest BCUT2D eigenvalue weighted by Gasteiger charge is -2.17. The van der Waals surface area contributed by atoms with E-state index in [4.69, 9.17) is 26.2 Å². The van der Waals surface area contributed by atoms with Crippen molar-refractivity contribution in [3.05, 3.63) is 81.9 Å². The van der Waals surface area contributed by atoms with Crippen molar-refractivity contribution in [1.82, 2.24) is 5.32 Å². The van der Waals surface area contributed by atoms with Gasteiger partial charge in [-0.3, -0.25) is 9.59 Å². The van der Waals surface area contributed by atoms with Gasteiger partial charge in [0.25, 0.3) is 5.91 Å². The van der Waals surface area contributed by atoms with E-state index in [1.807, 2.05) is 0 Å². The van der Waals surface area contributed by atoms with Gasteiger partial charge in [0, 0.05) is 18.3 Å². The molecule has 0 aromatic heterocycles. The molecule has 0 heterocycles. The molecule has 8 nitrogen and oxygen atoms in total. The number of rotatable bonds is 10. The molecule has 14 heteroatoms. The van der Waals surface area contributed by atoms with Gasteiger partial charge in [-0.05, 0) is 55.0 Å².